The molecule has 0 unspecified atom stereocenters. The summed E-state index contributed by atoms with van der Waals surface area (Å²) >= 11 is 0. The first-order chi connectivity index (χ1) is 12.9. The zero-order valence-corrected chi connectivity index (χ0v) is 16.0. The molecule has 1 aromatic heterocycles. The number of hydrogen-bond donors (Lipinski definition) is 2. The van der Waals surface area contributed by atoms with Gasteiger partial charge in [0.1, 0.15) is 5.75 Å². The van der Waals surface area contributed by atoms with Crippen LogP contribution in [-0.4, -0.2) is 50.4 Å². The number of tetrazole rings is 1. The van der Waals surface area contributed by atoms with E-state index in [0.717, 1.165) is 37.4 Å². The van der Waals surface area contributed by atoms with Crippen molar-refractivity contribution in [3.05, 3.63) is 35.4 Å². The number of hydrogen-bond acceptors (Lipinski definition) is 6. The maximum atomic E-state index is 12.2. The normalized spacial score (nSPS) is 15.6. The van der Waals surface area contributed by atoms with Crippen molar-refractivity contribution in [1.82, 2.24) is 25.5 Å². The van der Waals surface area contributed by atoms with Gasteiger partial charge < -0.3 is 15.3 Å². The van der Waals surface area contributed by atoms with Crippen molar-refractivity contribution in [2.24, 2.45) is 7.05 Å². The topological polar surface area (TPSA) is 96.2 Å². The zero-order chi connectivity index (χ0) is 19.4. The van der Waals surface area contributed by atoms with Crippen LogP contribution in [0.25, 0.3) is 6.08 Å². The Kier molecular flexibility index (Phi) is 5.73. The molecule has 144 valence electrons. The van der Waals surface area contributed by atoms with Crippen molar-refractivity contribution in [2.45, 2.75) is 38.6 Å². The summed E-state index contributed by atoms with van der Waals surface area (Å²) in [6, 6.07) is 5.68. The van der Waals surface area contributed by atoms with Crippen LogP contribution in [0.4, 0.5) is 5.95 Å². The largest absolute Gasteiger partial charge is 0.507 e. The predicted octanol–water partition coefficient (Wildman–Crippen LogP) is 1.84. The molecule has 1 aliphatic heterocycles. The van der Waals surface area contributed by atoms with Crippen molar-refractivity contribution in [3.63, 3.8) is 0 Å². The maximum absolute atomic E-state index is 12.2. The smallest absolute Gasteiger partial charge is 0.245 e. The Morgan fingerprint density at radius 2 is 2.07 bits per heavy atom. The molecule has 0 aliphatic carbocycles. The first-order valence-electron chi connectivity index (χ1n) is 9.23. The van der Waals surface area contributed by atoms with E-state index in [2.05, 4.69) is 39.6 Å². The van der Waals surface area contributed by atoms with Gasteiger partial charge in [-0.2, -0.15) is 0 Å². The lowest BCUT2D eigenvalue weighted by Crippen LogP contribution is -2.45. The molecule has 0 radical (unpaired) electrons. The van der Waals surface area contributed by atoms with Crippen molar-refractivity contribution in [1.29, 1.82) is 0 Å². The number of amides is 1. The van der Waals surface area contributed by atoms with E-state index in [-0.39, 0.29) is 17.7 Å². The number of piperidine rings is 1. The zero-order valence-electron chi connectivity index (χ0n) is 16.0. The molecule has 0 atom stereocenters. The first-order valence-corrected chi connectivity index (χ1v) is 9.23. The highest BCUT2D eigenvalue weighted by Gasteiger charge is 2.23. The number of carbonyl (C=O) groups is 1. The third-order valence-corrected chi connectivity index (χ3v) is 4.86. The molecule has 1 amide bonds. The number of aromatic hydroxyl groups is 1. The van der Waals surface area contributed by atoms with E-state index in [1.807, 2.05) is 19.2 Å². The lowest BCUT2D eigenvalue weighted by atomic mass is 10.0. The lowest BCUT2D eigenvalue weighted by Gasteiger charge is -2.32. The third kappa shape index (κ3) is 4.64. The number of aryl methyl sites for hydroxylation is 1. The molecule has 8 heteroatoms. The molecular formula is C19H26N6O2. The second-order valence-corrected chi connectivity index (χ2v) is 7.18. The summed E-state index contributed by atoms with van der Waals surface area (Å²) in [6.07, 6.45) is 4.79. The molecule has 0 saturated carbocycles. The van der Waals surface area contributed by atoms with Crippen LogP contribution < -0.4 is 10.2 Å². The molecular weight excluding hydrogens is 344 g/mol. The standard InChI is InChI=1S/C19H26N6O2/c1-13(2)15-5-4-14(17(26)12-15)6-7-18(27)20-16-8-10-25(11-9-16)19-21-22-23-24(19)3/h4-7,12-13,16,26H,8-11H2,1-3H3,(H,20,27)/b7-6+. The minimum absolute atomic E-state index is 0.122. The number of phenolic OH excluding ortho intramolecular Hbond substituents is 1. The fourth-order valence-electron chi connectivity index (χ4n) is 3.19. The highest BCUT2D eigenvalue weighted by atomic mass is 16.3. The summed E-state index contributed by atoms with van der Waals surface area (Å²) in [5.74, 6) is 1.14. The number of aromatic nitrogens is 4. The molecule has 3 rings (SSSR count). The molecule has 2 heterocycles. The average Bonchev–Trinajstić information content (AvgIpc) is 3.07. The molecule has 1 aliphatic rings. The molecule has 0 spiro atoms. The highest BCUT2D eigenvalue weighted by molar-refractivity contribution is 5.92. The van der Waals surface area contributed by atoms with Gasteiger partial charge in [0.15, 0.2) is 0 Å². The van der Waals surface area contributed by atoms with Crippen molar-refractivity contribution in [3.8, 4) is 5.75 Å². The van der Waals surface area contributed by atoms with Gasteiger partial charge in [-0.3, -0.25) is 4.79 Å². The molecule has 1 aromatic carbocycles. The predicted molar refractivity (Wildman–Crippen MR) is 103 cm³/mol. The van der Waals surface area contributed by atoms with Crippen molar-refractivity contribution >= 4 is 17.9 Å². The summed E-state index contributed by atoms with van der Waals surface area (Å²) in [5.41, 5.74) is 1.71. The van der Waals surface area contributed by atoms with E-state index >= 15 is 0 Å². The first kappa shape index (κ1) is 18.9. The number of rotatable bonds is 5. The van der Waals surface area contributed by atoms with Crippen LogP contribution in [0.3, 0.4) is 0 Å². The number of nitrogens with one attached hydrogen (secondary N) is 1. The molecule has 1 fully saturated rings. The average molecular weight is 370 g/mol. The van der Waals surface area contributed by atoms with E-state index in [9.17, 15) is 9.90 Å². The summed E-state index contributed by atoms with van der Waals surface area (Å²) in [7, 11) is 1.82. The van der Waals surface area contributed by atoms with E-state index in [1.165, 1.54) is 6.08 Å². The number of anilines is 1. The van der Waals surface area contributed by atoms with E-state index in [0.29, 0.717) is 11.5 Å². The van der Waals surface area contributed by atoms with Gasteiger partial charge >= 0.3 is 0 Å². The number of carbonyl (C=O) groups excluding carboxylic acids is 1. The van der Waals surface area contributed by atoms with Crippen LogP contribution in [0.2, 0.25) is 0 Å². The Morgan fingerprint density at radius 3 is 2.67 bits per heavy atom. The van der Waals surface area contributed by atoms with Gasteiger partial charge in [0, 0.05) is 37.8 Å². The van der Waals surface area contributed by atoms with E-state index in [4.69, 9.17) is 0 Å². The van der Waals surface area contributed by atoms with Crippen molar-refractivity contribution < 1.29 is 9.90 Å². The molecule has 1 saturated heterocycles. The number of nitrogens with zero attached hydrogens (tertiary/aromatic N) is 5. The van der Waals surface area contributed by atoms with Gasteiger partial charge in [-0.25, -0.2) is 4.68 Å². The Balaban J connectivity index is 1.51. The molecule has 8 nitrogen and oxygen atoms in total. The van der Waals surface area contributed by atoms with Crippen molar-refractivity contribution in [2.75, 3.05) is 18.0 Å². The monoisotopic (exact) mass is 370 g/mol. The van der Waals surface area contributed by atoms with E-state index < -0.39 is 0 Å². The summed E-state index contributed by atoms with van der Waals surface area (Å²) < 4.78 is 1.65. The van der Waals surface area contributed by atoms with E-state index in [1.54, 1.807) is 16.8 Å². The Labute approximate surface area is 158 Å². The molecule has 2 aromatic rings. The van der Waals surface area contributed by atoms with Crippen LogP contribution >= 0.6 is 0 Å². The van der Waals surface area contributed by atoms with Crippen LogP contribution in [0.5, 0.6) is 5.75 Å². The third-order valence-electron chi connectivity index (χ3n) is 4.86. The fraction of sp³-hybridized carbons (Fsp3) is 0.474. The summed E-state index contributed by atoms with van der Waals surface area (Å²) in [5, 5.41) is 24.7. The Hall–Kier alpha value is -2.90. The quantitative estimate of drug-likeness (QED) is 0.780. The van der Waals surface area contributed by atoms with Crippen LogP contribution in [0.15, 0.2) is 24.3 Å². The van der Waals surface area contributed by atoms with Gasteiger partial charge in [0.05, 0.1) is 0 Å². The fourth-order valence-corrected chi connectivity index (χ4v) is 3.19. The van der Waals surface area contributed by atoms with Gasteiger partial charge in [-0.05, 0) is 46.9 Å². The highest BCUT2D eigenvalue weighted by Crippen LogP contribution is 2.24. The van der Waals surface area contributed by atoms with Gasteiger partial charge in [0.25, 0.3) is 0 Å². The summed E-state index contributed by atoms with van der Waals surface area (Å²) in [4.78, 5) is 14.3. The summed E-state index contributed by atoms with van der Waals surface area (Å²) in [6.45, 7) is 5.73. The molecule has 0 bridgehead atoms. The van der Waals surface area contributed by atoms with Gasteiger partial charge in [-0.1, -0.05) is 31.1 Å². The minimum Gasteiger partial charge on any atom is -0.507 e. The molecule has 27 heavy (non-hydrogen) atoms. The minimum atomic E-state index is -0.152. The van der Waals surface area contributed by atoms with Crippen LogP contribution in [-0.2, 0) is 11.8 Å². The number of benzene rings is 1. The van der Waals surface area contributed by atoms with Gasteiger partial charge in [0.2, 0.25) is 11.9 Å². The maximum Gasteiger partial charge on any atom is 0.245 e. The van der Waals surface area contributed by atoms with Crippen LogP contribution in [0, 0.1) is 0 Å². The van der Waals surface area contributed by atoms with Crippen LogP contribution in [0.1, 0.15) is 43.7 Å². The Morgan fingerprint density at radius 1 is 1.33 bits per heavy atom. The molecule has 2 N–H and O–H groups in total. The SMILES string of the molecule is CC(C)c1ccc(/C=C/C(=O)NC2CCN(c3nnnn3C)CC2)c(O)c1. The van der Waals surface area contributed by atoms with Gasteiger partial charge in [-0.15, -0.1) is 0 Å². The second kappa shape index (κ2) is 8.20. The Bertz CT molecular complexity index is 821. The second-order valence-electron chi connectivity index (χ2n) is 7.18. The lowest BCUT2D eigenvalue weighted by molar-refractivity contribution is -0.117. The number of phenols is 1.